The highest BCUT2D eigenvalue weighted by atomic mass is 32.1. The standard InChI is InChI=1S/C14H15N3O4S/c1-3-14(2,13-15-6-7-22-13)16-12(19)9-4-5-10(17(20)21)11(18)8-9/h4-8,18H,3H2,1-2H3,(H,16,19)/t14-/m1/s1. The van der Waals surface area contributed by atoms with E-state index in [4.69, 9.17) is 0 Å². The smallest absolute Gasteiger partial charge is 0.310 e. The van der Waals surface area contributed by atoms with Gasteiger partial charge in [0, 0.05) is 23.2 Å². The molecule has 0 saturated carbocycles. The van der Waals surface area contributed by atoms with Gasteiger partial charge in [0.2, 0.25) is 0 Å². The fraction of sp³-hybridized carbons (Fsp3) is 0.286. The van der Waals surface area contributed by atoms with Gasteiger partial charge in [-0.3, -0.25) is 14.9 Å². The zero-order valence-electron chi connectivity index (χ0n) is 12.1. The van der Waals surface area contributed by atoms with Crippen molar-refractivity contribution in [1.82, 2.24) is 10.3 Å². The molecule has 0 fully saturated rings. The molecule has 7 nitrogen and oxygen atoms in total. The molecule has 2 N–H and O–H groups in total. The summed E-state index contributed by atoms with van der Waals surface area (Å²) in [6.07, 6.45) is 2.29. The van der Waals surface area contributed by atoms with Crippen LogP contribution >= 0.6 is 11.3 Å². The number of nitro benzene ring substituents is 1. The van der Waals surface area contributed by atoms with Crippen molar-refractivity contribution in [2.24, 2.45) is 0 Å². The number of phenols is 1. The summed E-state index contributed by atoms with van der Waals surface area (Å²) in [6.45, 7) is 3.78. The molecule has 2 rings (SSSR count). The van der Waals surface area contributed by atoms with Crippen LogP contribution in [0.5, 0.6) is 5.75 Å². The van der Waals surface area contributed by atoms with Gasteiger partial charge >= 0.3 is 5.69 Å². The van der Waals surface area contributed by atoms with Crippen LogP contribution in [0.15, 0.2) is 29.8 Å². The molecule has 0 radical (unpaired) electrons. The van der Waals surface area contributed by atoms with E-state index in [-0.39, 0.29) is 5.56 Å². The van der Waals surface area contributed by atoms with Crippen LogP contribution in [0, 0.1) is 10.1 Å². The summed E-state index contributed by atoms with van der Waals surface area (Å²) in [4.78, 5) is 26.5. The fourth-order valence-corrected chi connectivity index (χ4v) is 2.76. The predicted octanol–water partition coefficient (Wildman–Crippen LogP) is 2.81. The number of carbonyl (C=O) groups excluding carboxylic acids is 1. The van der Waals surface area contributed by atoms with E-state index in [1.165, 1.54) is 17.4 Å². The molecule has 2 aromatic rings. The molecule has 0 aliphatic heterocycles. The van der Waals surface area contributed by atoms with Crippen molar-refractivity contribution in [3.8, 4) is 5.75 Å². The zero-order chi connectivity index (χ0) is 16.3. The van der Waals surface area contributed by atoms with Crippen molar-refractivity contribution >= 4 is 22.9 Å². The third-order valence-electron chi connectivity index (χ3n) is 3.44. The first-order valence-electron chi connectivity index (χ1n) is 6.57. The third-order valence-corrected chi connectivity index (χ3v) is 4.47. The Balaban J connectivity index is 2.25. The highest BCUT2D eigenvalue weighted by Crippen LogP contribution is 2.29. The second-order valence-electron chi connectivity index (χ2n) is 4.94. The minimum Gasteiger partial charge on any atom is -0.502 e. The van der Waals surface area contributed by atoms with Gasteiger partial charge in [-0.15, -0.1) is 11.3 Å². The van der Waals surface area contributed by atoms with E-state index in [1.54, 1.807) is 6.20 Å². The monoisotopic (exact) mass is 321 g/mol. The lowest BCUT2D eigenvalue weighted by molar-refractivity contribution is -0.385. The zero-order valence-corrected chi connectivity index (χ0v) is 12.9. The maximum Gasteiger partial charge on any atom is 0.310 e. The number of hydrogen-bond acceptors (Lipinski definition) is 6. The number of amides is 1. The molecule has 0 aliphatic rings. The molecule has 116 valence electrons. The Bertz CT molecular complexity index is 702. The summed E-state index contributed by atoms with van der Waals surface area (Å²) < 4.78 is 0. The molecule has 0 bridgehead atoms. The lowest BCUT2D eigenvalue weighted by atomic mass is 9.99. The normalized spacial score (nSPS) is 13.4. The quantitative estimate of drug-likeness (QED) is 0.650. The van der Waals surface area contributed by atoms with Crippen LogP contribution in [0.3, 0.4) is 0 Å². The highest BCUT2D eigenvalue weighted by molar-refractivity contribution is 7.09. The molecule has 22 heavy (non-hydrogen) atoms. The van der Waals surface area contributed by atoms with Crippen LogP contribution in [-0.4, -0.2) is 20.9 Å². The number of aromatic hydroxyl groups is 1. The lowest BCUT2D eigenvalue weighted by Crippen LogP contribution is -2.43. The van der Waals surface area contributed by atoms with Crippen LogP contribution in [-0.2, 0) is 5.54 Å². The number of nitrogens with zero attached hydrogens (tertiary/aromatic N) is 2. The van der Waals surface area contributed by atoms with Gasteiger partial charge in [-0.25, -0.2) is 4.98 Å². The Morgan fingerprint density at radius 2 is 2.27 bits per heavy atom. The molecule has 1 aromatic heterocycles. The second-order valence-corrected chi connectivity index (χ2v) is 5.83. The molecule has 1 amide bonds. The van der Waals surface area contributed by atoms with Crippen LogP contribution in [0.1, 0.15) is 35.6 Å². The van der Waals surface area contributed by atoms with Gasteiger partial charge in [0.15, 0.2) is 5.75 Å². The summed E-state index contributed by atoms with van der Waals surface area (Å²) in [5, 5.41) is 25.8. The number of benzene rings is 1. The molecular weight excluding hydrogens is 306 g/mol. The highest BCUT2D eigenvalue weighted by Gasteiger charge is 2.30. The minimum absolute atomic E-state index is 0.152. The number of rotatable bonds is 5. The Morgan fingerprint density at radius 3 is 2.77 bits per heavy atom. The van der Waals surface area contributed by atoms with E-state index in [1.807, 2.05) is 19.2 Å². The van der Waals surface area contributed by atoms with Crippen molar-refractivity contribution in [3.63, 3.8) is 0 Å². The van der Waals surface area contributed by atoms with E-state index in [0.29, 0.717) is 6.42 Å². The average Bonchev–Trinajstić information content (AvgIpc) is 3.01. The van der Waals surface area contributed by atoms with Crippen LogP contribution < -0.4 is 5.32 Å². The SMILES string of the molecule is CC[C@@](C)(NC(=O)c1ccc([N+](=O)[O-])c(O)c1)c1nccs1. The number of aromatic nitrogens is 1. The van der Waals surface area contributed by atoms with Gasteiger partial charge in [0.1, 0.15) is 5.01 Å². The van der Waals surface area contributed by atoms with Crippen LogP contribution in [0.2, 0.25) is 0 Å². The first-order valence-corrected chi connectivity index (χ1v) is 7.45. The number of nitrogens with one attached hydrogen (secondary N) is 1. The van der Waals surface area contributed by atoms with Gasteiger partial charge < -0.3 is 10.4 Å². The fourth-order valence-electron chi connectivity index (χ4n) is 1.93. The average molecular weight is 321 g/mol. The molecule has 1 atom stereocenters. The number of thiazole rings is 1. The molecule has 8 heteroatoms. The number of carbonyl (C=O) groups is 1. The number of phenolic OH excluding ortho intramolecular Hbond substituents is 1. The van der Waals surface area contributed by atoms with E-state index in [9.17, 15) is 20.0 Å². The molecule has 0 aliphatic carbocycles. The van der Waals surface area contributed by atoms with E-state index < -0.39 is 27.8 Å². The number of hydrogen-bond donors (Lipinski definition) is 2. The predicted molar refractivity (Wildman–Crippen MR) is 82.0 cm³/mol. The van der Waals surface area contributed by atoms with Crippen LogP contribution in [0.4, 0.5) is 5.69 Å². The Morgan fingerprint density at radius 1 is 1.55 bits per heavy atom. The second kappa shape index (κ2) is 6.10. The van der Waals surface area contributed by atoms with E-state index >= 15 is 0 Å². The first-order chi connectivity index (χ1) is 10.4. The lowest BCUT2D eigenvalue weighted by Gasteiger charge is -2.27. The minimum atomic E-state index is -0.706. The van der Waals surface area contributed by atoms with Crippen molar-refractivity contribution in [1.29, 1.82) is 0 Å². The van der Waals surface area contributed by atoms with Crippen molar-refractivity contribution in [2.45, 2.75) is 25.8 Å². The molecular formula is C14H15N3O4S. The summed E-state index contributed by atoms with van der Waals surface area (Å²) >= 11 is 1.44. The van der Waals surface area contributed by atoms with Crippen molar-refractivity contribution in [2.75, 3.05) is 0 Å². The third kappa shape index (κ3) is 3.06. The van der Waals surface area contributed by atoms with Crippen molar-refractivity contribution in [3.05, 3.63) is 50.5 Å². The van der Waals surface area contributed by atoms with Crippen LogP contribution in [0.25, 0.3) is 0 Å². The Hall–Kier alpha value is -2.48. The number of nitro groups is 1. The largest absolute Gasteiger partial charge is 0.502 e. The molecule has 0 saturated heterocycles. The molecule has 1 aromatic carbocycles. The van der Waals surface area contributed by atoms with Crippen molar-refractivity contribution < 1.29 is 14.8 Å². The summed E-state index contributed by atoms with van der Waals surface area (Å²) in [5.41, 5.74) is -0.920. The van der Waals surface area contributed by atoms with Gasteiger partial charge in [-0.05, 0) is 25.5 Å². The van der Waals surface area contributed by atoms with E-state index in [0.717, 1.165) is 17.1 Å². The molecule has 0 spiro atoms. The summed E-state index contributed by atoms with van der Waals surface area (Å²) in [5.74, 6) is -0.963. The summed E-state index contributed by atoms with van der Waals surface area (Å²) in [7, 11) is 0. The Labute approximate surface area is 130 Å². The van der Waals surface area contributed by atoms with Gasteiger partial charge in [-0.2, -0.15) is 0 Å². The van der Waals surface area contributed by atoms with E-state index in [2.05, 4.69) is 10.3 Å². The van der Waals surface area contributed by atoms with Gasteiger partial charge in [0.05, 0.1) is 10.5 Å². The Kier molecular flexibility index (Phi) is 4.41. The van der Waals surface area contributed by atoms with Gasteiger partial charge in [-0.1, -0.05) is 6.92 Å². The maximum atomic E-state index is 12.3. The maximum absolute atomic E-state index is 12.3. The van der Waals surface area contributed by atoms with Gasteiger partial charge in [0.25, 0.3) is 5.91 Å². The topological polar surface area (TPSA) is 105 Å². The first kappa shape index (κ1) is 15.9. The summed E-state index contributed by atoms with van der Waals surface area (Å²) in [6, 6.07) is 3.51. The molecule has 1 heterocycles. The molecule has 0 unspecified atom stereocenters.